The third kappa shape index (κ3) is 2.11. The highest BCUT2D eigenvalue weighted by Gasteiger charge is 2.16. The molecular weight excluding hydrogens is 264 g/mol. The summed E-state index contributed by atoms with van der Waals surface area (Å²) < 4.78 is 2.46. The molecule has 3 aromatic rings. The molecule has 0 fully saturated rings. The SMILES string of the molecule is O=C(c1ccc(C(=O)n2cccn2)s1)n1cccn1. The lowest BCUT2D eigenvalue weighted by Crippen LogP contribution is -2.11. The Hall–Kier alpha value is -2.54. The van der Waals surface area contributed by atoms with E-state index in [-0.39, 0.29) is 11.8 Å². The molecule has 0 aliphatic carbocycles. The monoisotopic (exact) mass is 272 g/mol. The Morgan fingerprint density at radius 1 is 0.895 bits per heavy atom. The van der Waals surface area contributed by atoms with Crippen molar-refractivity contribution in [3.05, 3.63) is 58.8 Å². The molecule has 0 unspecified atom stereocenters. The molecule has 0 amide bonds. The van der Waals surface area contributed by atoms with Crippen molar-refractivity contribution < 1.29 is 9.59 Å². The second-order valence-corrected chi connectivity index (χ2v) is 4.76. The zero-order valence-electron chi connectivity index (χ0n) is 9.63. The number of nitrogens with zero attached hydrogens (tertiary/aromatic N) is 4. The van der Waals surface area contributed by atoms with Crippen molar-refractivity contribution in [1.82, 2.24) is 19.6 Å². The Labute approximate surface area is 111 Å². The Balaban J connectivity index is 1.88. The molecule has 3 rings (SSSR count). The maximum Gasteiger partial charge on any atom is 0.288 e. The summed E-state index contributed by atoms with van der Waals surface area (Å²) in [6, 6.07) is 6.57. The van der Waals surface area contributed by atoms with Gasteiger partial charge in [-0.2, -0.15) is 10.2 Å². The van der Waals surface area contributed by atoms with Crippen molar-refractivity contribution >= 4 is 23.2 Å². The van der Waals surface area contributed by atoms with Crippen LogP contribution in [0.1, 0.15) is 19.3 Å². The van der Waals surface area contributed by atoms with E-state index in [4.69, 9.17) is 0 Å². The van der Waals surface area contributed by atoms with Crippen molar-refractivity contribution in [2.24, 2.45) is 0 Å². The van der Waals surface area contributed by atoms with Crippen molar-refractivity contribution in [2.75, 3.05) is 0 Å². The molecule has 0 radical (unpaired) electrons. The first kappa shape index (κ1) is 11.5. The third-order valence-corrected chi connectivity index (χ3v) is 3.51. The minimum atomic E-state index is -0.255. The molecule has 0 atom stereocenters. The van der Waals surface area contributed by atoms with Gasteiger partial charge in [0.15, 0.2) is 0 Å². The topological polar surface area (TPSA) is 69.8 Å². The lowest BCUT2D eigenvalue weighted by Gasteiger charge is -1.97. The Morgan fingerprint density at radius 2 is 1.37 bits per heavy atom. The zero-order chi connectivity index (χ0) is 13.2. The highest BCUT2D eigenvalue weighted by atomic mass is 32.1. The molecule has 0 spiro atoms. The molecule has 0 aliphatic rings. The molecule has 0 aliphatic heterocycles. The molecule has 0 saturated heterocycles. The van der Waals surface area contributed by atoms with Crippen molar-refractivity contribution in [3.63, 3.8) is 0 Å². The van der Waals surface area contributed by atoms with E-state index in [1.165, 1.54) is 21.8 Å². The first-order valence-electron chi connectivity index (χ1n) is 5.44. The van der Waals surface area contributed by atoms with Gasteiger partial charge in [0.1, 0.15) is 0 Å². The van der Waals surface area contributed by atoms with Gasteiger partial charge in [-0.15, -0.1) is 11.3 Å². The van der Waals surface area contributed by atoms with Gasteiger partial charge in [0.25, 0.3) is 11.8 Å². The van der Waals surface area contributed by atoms with Gasteiger partial charge in [-0.3, -0.25) is 9.59 Å². The van der Waals surface area contributed by atoms with Crippen LogP contribution in [0.4, 0.5) is 0 Å². The number of carbonyl (C=O) groups is 2. The Morgan fingerprint density at radius 3 is 1.74 bits per heavy atom. The highest BCUT2D eigenvalue weighted by molar-refractivity contribution is 7.16. The molecule has 3 aromatic heterocycles. The van der Waals surface area contributed by atoms with Crippen LogP contribution < -0.4 is 0 Å². The largest absolute Gasteiger partial charge is 0.288 e. The van der Waals surface area contributed by atoms with Gasteiger partial charge >= 0.3 is 0 Å². The van der Waals surface area contributed by atoms with Crippen molar-refractivity contribution in [1.29, 1.82) is 0 Å². The van der Waals surface area contributed by atoms with E-state index in [0.717, 1.165) is 11.3 Å². The summed E-state index contributed by atoms with van der Waals surface area (Å²) in [4.78, 5) is 24.9. The van der Waals surface area contributed by atoms with Crippen molar-refractivity contribution in [2.45, 2.75) is 0 Å². The lowest BCUT2D eigenvalue weighted by atomic mass is 10.4. The molecule has 0 aromatic carbocycles. The molecule has 3 heterocycles. The zero-order valence-corrected chi connectivity index (χ0v) is 10.4. The maximum atomic E-state index is 12.0. The van der Waals surface area contributed by atoms with E-state index in [2.05, 4.69) is 10.2 Å². The summed E-state index contributed by atoms with van der Waals surface area (Å²) >= 11 is 1.12. The fraction of sp³-hybridized carbons (Fsp3) is 0. The number of hydrogen-bond acceptors (Lipinski definition) is 5. The summed E-state index contributed by atoms with van der Waals surface area (Å²) in [5.74, 6) is -0.510. The fourth-order valence-corrected chi connectivity index (χ4v) is 2.44. The second-order valence-electron chi connectivity index (χ2n) is 3.68. The molecule has 6 nitrogen and oxygen atoms in total. The first-order chi connectivity index (χ1) is 9.25. The maximum absolute atomic E-state index is 12.0. The summed E-state index contributed by atoms with van der Waals surface area (Å²) in [5, 5.41) is 7.74. The van der Waals surface area contributed by atoms with Crippen molar-refractivity contribution in [3.8, 4) is 0 Å². The lowest BCUT2D eigenvalue weighted by molar-refractivity contribution is 0.0943. The van der Waals surface area contributed by atoms with Crippen LogP contribution in [0.15, 0.2) is 49.1 Å². The number of aromatic nitrogens is 4. The van der Waals surface area contributed by atoms with Gasteiger partial charge in [-0.25, -0.2) is 9.36 Å². The number of thiophene rings is 1. The van der Waals surface area contributed by atoms with E-state index in [0.29, 0.717) is 9.75 Å². The average Bonchev–Trinajstić information content (AvgIpc) is 3.16. The first-order valence-corrected chi connectivity index (χ1v) is 6.26. The highest BCUT2D eigenvalue weighted by Crippen LogP contribution is 2.18. The molecule has 0 bridgehead atoms. The van der Waals surface area contributed by atoms with E-state index in [1.54, 1.807) is 36.7 Å². The summed E-state index contributed by atoms with van der Waals surface area (Å²) in [6.45, 7) is 0. The average molecular weight is 272 g/mol. The van der Waals surface area contributed by atoms with Gasteiger partial charge in [0.05, 0.1) is 9.75 Å². The van der Waals surface area contributed by atoms with Crippen LogP contribution in [0.3, 0.4) is 0 Å². The van der Waals surface area contributed by atoms with E-state index < -0.39 is 0 Å². The Kier molecular flexibility index (Phi) is 2.81. The van der Waals surface area contributed by atoms with Crippen LogP contribution in [0.5, 0.6) is 0 Å². The van der Waals surface area contributed by atoms with E-state index in [9.17, 15) is 9.59 Å². The molecule has 7 heteroatoms. The number of carbonyl (C=O) groups excluding carboxylic acids is 2. The fourth-order valence-electron chi connectivity index (χ4n) is 1.57. The van der Waals surface area contributed by atoms with Gasteiger partial charge < -0.3 is 0 Å². The molecular formula is C12H8N4O2S. The Bertz CT molecular complexity index is 652. The summed E-state index contributed by atoms with van der Waals surface area (Å²) in [6.07, 6.45) is 6.19. The van der Waals surface area contributed by atoms with E-state index >= 15 is 0 Å². The quantitative estimate of drug-likeness (QED) is 0.709. The number of hydrogen-bond donors (Lipinski definition) is 0. The van der Waals surface area contributed by atoms with Crippen LogP contribution >= 0.6 is 11.3 Å². The number of rotatable bonds is 2. The summed E-state index contributed by atoms with van der Waals surface area (Å²) in [7, 11) is 0. The normalized spacial score (nSPS) is 10.5. The molecule has 0 saturated carbocycles. The van der Waals surface area contributed by atoms with Gasteiger partial charge in [-0.1, -0.05) is 0 Å². The molecule has 19 heavy (non-hydrogen) atoms. The van der Waals surface area contributed by atoms with Gasteiger partial charge in [-0.05, 0) is 24.3 Å². The van der Waals surface area contributed by atoms with Crippen LogP contribution in [0.2, 0.25) is 0 Å². The molecule has 0 N–H and O–H groups in total. The van der Waals surface area contributed by atoms with Gasteiger partial charge in [0, 0.05) is 24.8 Å². The van der Waals surface area contributed by atoms with Crippen LogP contribution in [-0.2, 0) is 0 Å². The standard InChI is InChI=1S/C12H8N4O2S/c17-11(15-7-1-5-13-15)9-3-4-10(19-9)12(18)16-8-2-6-14-16/h1-8H. The van der Waals surface area contributed by atoms with E-state index in [1.807, 2.05) is 0 Å². The van der Waals surface area contributed by atoms with Crippen LogP contribution in [0.25, 0.3) is 0 Å². The predicted molar refractivity (Wildman–Crippen MR) is 68.2 cm³/mol. The minimum absolute atomic E-state index is 0.255. The molecule has 94 valence electrons. The van der Waals surface area contributed by atoms with Crippen LogP contribution in [-0.4, -0.2) is 31.4 Å². The smallest absolute Gasteiger partial charge is 0.266 e. The third-order valence-electron chi connectivity index (χ3n) is 2.45. The minimum Gasteiger partial charge on any atom is -0.266 e. The predicted octanol–water partition coefficient (Wildman–Crippen LogP) is 1.52. The van der Waals surface area contributed by atoms with Gasteiger partial charge in [0.2, 0.25) is 0 Å². The summed E-state index contributed by atoms with van der Waals surface area (Å²) in [5.41, 5.74) is 0. The van der Waals surface area contributed by atoms with Crippen LogP contribution in [0, 0.1) is 0 Å². The second kappa shape index (κ2) is 4.62.